The summed E-state index contributed by atoms with van der Waals surface area (Å²) in [5, 5.41) is 1.24. The molecule has 0 bridgehead atoms. The minimum Gasteiger partial charge on any atom is -0.372 e. The van der Waals surface area contributed by atoms with Crippen LogP contribution in [0, 0.1) is 5.82 Å². The topological polar surface area (TPSA) is 75.7 Å². The van der Waals surface area contributed by atoms with E-state index in [1.165, 1.54) is 13.0 Å². The van der Waals surface area contributed by atoms with Crippen molar-refractivity contribution in [3.8, 4) is 0 Å². The van der Waals surface area contributed by atoms with Crippen LogP contribution in [0.25, 0.3) is 0 Å². The van der Waals surface area contributed by atoms with Gasteiger partial charge in [0.15, 0.2) is 9.84 Å². The van der Waals surface area contributed by atoms with Gasteiger partial charge in [-0.15, -0.1) is 0 Å². The van der Waals surface area contributed by atoms with Gasteiger partial charge in [0.25, 0.3) is 0 Å². The van der Waals surface area contributed by atoms with Crippen LogP contribution in [0.1, 0.15) is 20.8 Å². The van der Waals surface area contributed by atoms with E-state index in [-0.39, 0.29) is 17.9 Å². The number of hydrogen-bond donors (Lipinski definition) is 1. The number of benzene rings is 1. The molecule has 1 amide bonds. The molecule has 1 saturated heterocycles. The number of hydrogen-bond acceptors (Lipinski definition) is 5. The van der Waals surface area contributed by atoms with Crippen molar-refractivity contribution >= 4 is 27.1 Å². The highest BCUT2D eigenvalue weighted by atomic mass is 32.2. The molecule has 6 nitrogen and oxygen atoms in total. The molecule has 1 aromatic carbocycles. The Bertz CT molecular complexity index is 713. The molecule has 0 spiro atoms. The number of amides is 1. The number of morpholine rings is 1. The zero-order chi connectivity index (χ0) is 18.1. The SMILES string of the molecule is C[C@@H]1CN(c2ccc(NC(=O)[C@@H](C)S(C)(=O)=O)cc2F)C[C@H](C)O1. The summed E-state index contributed by atoms with van der Waals surface area (Å²) < 4.78 is 42.9. The second-order valence-electron chi connectivity index (χ2n) is 6.29. The van der Waals surface area contributed by atoms with Gasteiger partial charge in [0.2, 0.25) is 5.91 Å². The van der Waals surface area contributed by atoms with E-state index in [1.54, 1.807) is 12.1 Å². The number of halogens is 1. The lowest BCUT2D eigenvalue weighted by molar-refractivity contribution is -0.115. The number of carbonyl (C=O) groups excluding carboxylic acids is 1. The van der Waals surface area contributed by atoms with Gasteiger partial charge in [-0.05, 0) is 39.0 Å². The first-order valence-corrected chi connectivity index (χ1v) is 9.73. The maximum atomic E-state index is 14.4. The van der Waals surface area contributed by atoms with Gasteiger partial charge in [0.05, 0.1) is 17.9 Å². The molecule has 3 atom stereocenters. The average Bonchev–Trinajstić information content (AvgIpc) is 2.44. The van der Waals surface area contributed by atoms with Crippen LogP contribution in [-0.2, 0) is 19.4 Å². The molecule has 1 aromatic rings. The summed E-state index contributed by atoms with van der Waals surface area (Å²) in [6.45, 7) is 6.32. The summed E-state index contributed by atoms with van der Waals surface area (Å²) in [4.78, 5) is 13.8. The summed E-state index contributed by atoms with van der Waals surface area (Å²) in [5.74, 6) is -1.15. The minimum atomic E-state index is -3.50. The fourth-order valence-corrected chi connectivity index (χ4v) is 3.10. The van der Waals surface area contributed by atoms with E-state index in [0.29, 0.717) is 18.8 Å². The first-order valence-electron chi connectivity index (χ1n) is 7.77. The Kier molecular flexibility index (Phi) is 5.49. The van der Waals surface area contributed by atoms with E-state index >= 15 is 0 Å². The molecule has 0 aromatic heterocycles. The van der Waals surface area contributed by atoms with Crippen molar-refractivity contribution in [1.82, 2.24) is 0 Å². The lowest BCUT2D eigenvalue weighted by Crippen LogP contribution is -2.45. The molecule has 1 aliphatic heterocycles. The van der Waals surface area contributed by atoms with E-state index in [2.05, 4.69) is 5.32 Å². The van der Waals surface area contributed by atoms with E-state index in [9.17, 15) is 17.6 Å². The molecule has 134 valence electrons. The van der Waals surface area contributed by atoms with Crippen LogP contribution in [0.3, 0.4) is 0 Å². The zero-order valence-electron chi connectivity index (χ0n) is 14.2. The van der Waals surface area contributed by atoms with Crippen LogP contribution in [0.15, 0.2) is 18.2 Å². The Hall–Kier alpha value is -1.67. The summed E-state index contributed by atoms with van der Waals surface area (Å²) in [5.41, 5.74) is 0.664. The van der Waals surface area contributed by atoms with E-state index < -0.39 is 26.8 Å². The van der Waals surface area contributed by atoms with Gasteiger partial charge in [0.1, 0.15) is 11.1 Å². The van der Waals surface area contributed by atoms with Crippen molar-refractivity contribution in [1.29, 1.82) is 0 Å². The Morgan fingerprint density at radius 3 is 2.42 bits per heavy atom. The number of sulfone groups is 1. The van der Waals surface area contributed by atoms with Crippen LogP contribution in [0.4, 0.5) is 15.8 Å². The number of rotatable bonds is 4. The lowest BCUT2D eigenvalue weighted by atomic mass is 10.2. The molecule has 1 N–H and O–H groups in total. The predicted octanol–water partition coefficient (Wildman–Crippen LogP) is 1.81. The van der Waals surface area contributed by atoms with Crippen LogP contribution in [0.5, 0.6) is 0 Å². The Balaban J connectivity index is 2.14. The van der Waals surface area contributed by atoms with Gasteiger partial charge in [0, 0.05) is 25.0 Å². The molecule has 0 saturated carbocycles. The van der Waals surface area contributed by atoms with Crippen LogP contribution in [-0.4, -0.2) is 51.1 Å². The van der Waals surface area contributed by atoms with E-state index in [1.807, 2.05) is 18.7 Å². The third-order valence-corrected chi connectivity index (χ3v) is 5.49. The molecular weight excluding hydrogens is 335 g/mol. The van der Waals surface area contributed by atoms with Crippen molar-refractivity contribution in [3.63, 3.8) is 0 Å². The molecular formula is C16H23FN2O4S. The molecule has 1 heterocycles. The number of carbonyl (C=O) groups is 1. The maximum Gasteiger partial charge on any atom is 0.242 e. The monoisotopic (exact) mass is 358 g/mol. The fraction of sp³-hybridized carbons (Fsp3) is 0.562. The standard InChI is InChI=1S/C16H23FN2O4S/c1-10-8-19(9-11(2)23-10)15-6-5-13(7-14(15)17)18-16(20)12(3)24(4,21)22/h5-7,10-12H,8-9H2,1-4H3,(H,18,20)/t10-,11+,12-/m1/s1. The molecule has 0 aliphatic carbocycles. The molecule has 0 radical (unpaired) electrons. The van der Waals surface area contributed by atoms with Crippen molar-refractivity contribution < 1.29 is 22.3 Å². The van der Waals surface area contributed by atoms with Gasteiger partial charge in [-0.2, -0.15) is 0 Å². The normalized spacial score (nSPS) is 23.0. The Morgan fingerprint density at radius 2 is 1.92 bits per heavy atom. The highest BCUT2D eigenvalue weighted by Gasteiger charge is 2.26. The minimum absolute atomic E-state index is 0.00291. The second-order valence-corrected chi connectivity index (χ2v) is 8.66. The summed E-state index contributed by atoms with van der Waals surface area (Å²) in [6.07, 6.45) is 0.994. The van der Waals surface area contributed by atoms with E-state index in [4.69, 9.17) is 4.74 Å². The highest BCUT2D eigenvalue weighted by molar-refractivity contribution is 7.92. The lowest BCUT2D eigenvalue weighted by Gasteiger charge is -2.37. The highest BCUT2D eigenvalue weighted by Crippen LogP contribution is 2.26. The third kappa shape index (κ3) is 4.45. The van der Waals surface area contributed by atoms with Crippen LogP contribution < -0.4 is 10.2 Å². The fourth-order valence-electron chi connectivity index (χ4n) is 2.65. The maximum absolute atomic E-state index is 14.4. The van der Waals surface area contributed by atoms with Gasteiger partial charge >= 0.3 is 0 Å². The summed E-state index contributed by atoms with van der Waals surface area (Å²) in [6, 6.07) is 4.35. The van der Waals surface area contributed by atoms with Gasteiger partial charge < -0.3 is 15.0 Å². The first kappa shape index (κ1) is 18.7. The van der Waals surface area contributed by atoms with Gasteiger partial charge in [-0.3, -0.25) is 4.79 Å². The molecule has 8 heteroatoms. The van der Waals surface area contributed by atoms with Crippen LogP contribution in [0.2, 0.25) is 0 Å². The number of nitrogens with zero attached hydrogens (tertiary/aromatic N) is 1. The van der Waals surface area contributed by atoms with Crippen LogP contribution >= 0.6 is 0 Å². The molecule has 24 heavy (non-hydrogen) atoms. The smallest absolute Gasteiger partial charge is 0.242 e. The van der Waals surface area contributed by atoms with Crippen molar-refractivity contribution in [3.05, 3.63) is 24.0 Å². The predicted molar refractivity (Wildman–Crippen MR) is 91.6 cm³/mol. The van der Waals surface area contributed by atoms with E-state index in [0.717, 1.165) is 6.26 Å². The summed E-state index contributed by atoms with van der Waals surface area (Å²) in [7, 11) is -3.50. The molecule has 0 unspecified atom stereocenters. The quantitative estimate of drug-likeness (QED) is 0.888. The number of anilines is 2. The number of ether oxygens (including phenoxy) is 1. The first-order chi connectivity index (χ1) is 11.1. The van der Waals surface area contributed by atoms with Gasteiger partial charge in [-0.25, -0.2) is 12.8 Å². The van der Waals surface area contributed by atoms with Crippen molar-refractivity contribution in [2.24, 2.45) is 0 Å². The molecule has 1 aliphatic rings. The summed E-state index contributed by atoms with van der Waals surface area (Å²) >= 11 is 0. The second kappa shape index (κ2) is 7.06. The van der Waals surface area contributed by atoms with Gasteiger partial charge in [-0.1, -0.05) is 0 Å². The zero-order valence-corrected chi connectivity index (χ0v) is 15.1. The largest absolute Gasteiger partial charge is 0.372 e. The van der Waals surface area contributed by atoms with Crippen molar-refractivity contribution in [2.75, 3.05) is 29.6 Å². The average molecular weight is 358 g/mol. The third-order valence-electron chi connectivity index (χ3n) is 3.99. The van der Waals surface area contributed by atoms with Crippen molar-refractivity contribution in [2.45, 2.75) is 38.2 Å². The Morgan fingerprint density at radius 1 is 1.33 bits per heavy atom. The molecule has 2 rings (SSSR count). The Labute approximate surface area is 141 Å². The number of nitrogens with one attached hydrogen (secondary N) is 1. The molecule has 1 fully saturated rings.